The second-order valence-electron chi connectivity index (χ2n) is 7.17. The van der Waals surface area contributed by atoms with E-state index in [1.807, 2.05) is 48.5 Å². The molecule has 1 heterocycles. The van der Waals surface area contributed by atoms with Crippen molar-refractivity contribution in [1.82, 2.24) is 20.1 Å². The predicted octanol–water partition coefficient (Wildman–Crippen LogP) is 2.71. The summed E-state index contributed by atoms with van der Waals surface area (Å²) in [5.41, 5.74) is 4.42. The largest absolute Gasteiger partial charge is 0.480 e. The van der Waals surface area contributed by atoms with Crippen molar-refractivity contribution in [1.29, 1.82) is 0 Å². The minimum absolute atomic E-state index is 0.0911. The minimum Gasteiger partial charge on any atom is -0.480 e. The molecule has 0 saturated carbocycles. The molecule has 0 bridgehead atoms. The number of benzene rings is 2. The number of H-pyrrole nitrogens is 1. The molecule has 0 fully saturated rings. The van der Waals surface area contributed by atoms with Crippen LogP contribution in [0.5, 0.6) is 0 Å². The quantitative estimate of drug-likeness (QED) is 0.519. The minimum atomic E-state index is -1.14. The molecule has 0 saturated heterocycles. The summed E-state index contributed by atoms with van der Waals surface area (Å²) in [6.07, 6.45) is -0.761. The number of rotatable bonds is 7. The van der Waals surface area contributed by atoms with Crippen molar-refractivity contribution < 1.29 is 24.2 Å². The maximum absolute atomic E-state index is 12.3. The summed E-state index contributed by atoms with van der Waals surface area (Å²) < 4.78 is 5.42. The van der Waals surface area contributed by atoms with E-state index in [9.17, 15) is 14.4 Å². The van der Waals surface area contributed by atoms with Gasteiger partial charge in [0.25, 0.3) is 11.9 Å². The Hall–Kier alpha value is -4.21. The summed E-state index contributed by atoms with van der Waals surface area (Å²) in [4.78, 5) is 40.5. The van der Waals surface area contributed by atoms with E-state index in [4.69, 9.17) is 9.84 Å². The van der Waals surface area contributed by atoms with Gasteiger partial charge in [-0.2, -0.15) is 4.98 Å². The zero-order chi connectivity index (χ0) is 22.7. The van der Waals surface area contributed by atoms with Crippen LogP contribution in [0.3, 0.4) is 0 Å². The lowest BCUT2D eigenvalue weighted by atomic mass is 9.98. The molecule has 3 N–H and O–H groups in total. The number of carboxylic acids is 1. The first kappa shape index (κ1) is 21.0. The van der Waals surface area contributed by atoms with Crippen molar-refractivity contribution in [2.75, 3.05) is 25.0 Å². The van der Waals surface area contributed by atoms with Crippen LogP contribution in [-0.4, -0.2) is 62.9 Å². The number of aromatic amines is 1. The number of ether oxygens (including phenoxy) is 1. The van der Waals surface area contributed by atoms with Crippen LogP contribution in [0.2, 0.25) is 0 Å². The molecule has 0 radical (unpaired) electrons. The molecule has 10 nitrogen and oxygen atoms in total. The fraction of sp³-hybridized carbons (Fsp3) is 0.227. The second-order valence-corrected chi connectivity index (χ2v) is 7.17. The zero-order valence-corrected chi connectivity index (χ0v) is 17.2. The highest BCUT2D eigenvalue weighted by Gasteiger charge is 2.29. The highest BCUT2D eigenvalue weighted by molar-refractivity contribution is 5.93. The summed E-state index contributed by atoms with van der Waals surface area (Å²) in [7, 11) is 0. The van der Waals surface area contributed by atoms with Crippen molar-refractivity contribution in [3.8, 4) is 11.1 Å². The summed E-state index contributed by atoms with van der Waals surface area (Å²) in [5.74, 6) is -2.19. The molecule has 1 aliphatic carbocycles. The normalized spacial score (nSPS) is 12.0. The third kappa shape index (κ3) is 4.15. The lowest BCUT2D eigenvalue weighted by Gasteiger charge is -2.16. The van der Waals surface area contributed by atoms with Gasteiger partial charge in [0, 0.05) is 12.5 Å². The third-order valence-corrected chi connectivity index (χ3v) is 5.24. The Labute approximate surface area is 183 Å². The third-order valence-electron chi connectivity index (χ3n) is 5.24. The van der Waals surface area contributed by atoms with Gasteiger partial charge >= 0.3 is 12.1 Å². The Kier molecular flexibility index (Phi) is 5.84. The Morgan fingerprint density at radius 3 is 2.31 bits per heavy atom. The highest BCUT2D eigenvalue weighted by Crippen LogP contribution is 2.44. The number of amides is 2. The van der Waals surface area contributed by atoms with Crippen LogP contribution in [0.1, 0.15) is 34.6 Å². The first-order chi connectivity index (χ1) is 15.5. The van der Waals surface area contributed by atoms with Crippen LogP contribution in [0.25, 0.3) is 11.1 Å². The second kappa shape index (κ2) is 8.88. The number of carbonyl (C=O) groups excluding carboxylic acids is 2. The average Bonchev–Trinajstić information content (AvgIpc) is 3.38. The van der Waals surface area contributed by atoms with Crippen LogP contribution >= 0.6 is 0 Å². The lowest BCUT2D eigenvalue weighted by molar-refractivity contribution is -0.137. The monoisotopic (exact) mass is 435 g/mol. The first-order valence-corrected chi connectivity index (χ1v) is 10.0. The van der Waals surface area contributed by atoms with Crippen LogP contribution < -0.4 is 5.32 Å². The van der Waals surface area contributed by atoms with E-state index in [1.54, 1.807) is 6.92 Å². The number of carbonyl (C=O) groups is 3. The fourth-order valence-electron chi connectivity index (χ4n) is 3.78. The lowest BCUT2D eigenvalue weighted by Crippen LogP contribution is -2.36. The van der Waals surface area contributed by atoms with E-state index in [1.165, 1.54) is 0 Å². The molecule has 0 aliphatic heterocycles. The van der Waals surface area contributed by atoms with Crippen LogP contribution in [-0.2, 0) is 9.53 Å². The molecule has 0 atom stereocenters. The van der Waals surface area contributed by atoms with Crippen molar-refractivity contribution in [3.05, 3.63) is 65.5 Å². The summed E-state index contributed by atoms with van der Waals surface area (Å²) in [5, 5.41) is 17.5. The number of carboxylic acid groups (broad SMARTS) is 1. The number of nitrogens with one attached hydrogen (secondary N) is 2. The van der Waals surface area contributed by atoms with Gasteiger partial charge in [-0.15, -0.1) is 5.10 Å². The number of anilines is 1. The molecular formula is C22H21N5O5. The van der Waals surface area contributed by atoms with Gasteiger partial charge in [0.05, 0.1) is 0 Å². The number of hydrogen-bond acceptors (Lipinski definition) is 6. The number of nitrogens with zero attached hydrogens (tertiary/aromatic N) is 3. The molecule has 0 spiro atoms. The molecule has 164 valence electrons. The zero-order valence-electron chi connectivity index (χ0n) is 17.2. The summed E-state index contributed by atoms with van der Waals surface area (Å²) in [6.45, 7) is 1.48. The SMILES string of the molecule is CCN(CC(=O)O)C(=O)c1nc(NC(=O)OCC2c3ccccc3-c3ccccc32)n[nH]1. The van der Waals surface area contributed by atoms with Crippen molar-refractivity contribution >= 4 is 23.9 Å². The molecule has 4 rings (SSSR count). The van der Waals surface area contributed by atoms with Crippen molar-refractivity contribution in [2.45, 2.75) is 12.8 Å². The van der Waals surface area contributed by atoms with Gasteiger partial charge in [-0.25, -0.2) is 4.79 Å². The van der Waals surface area contributed by atoms with Gasteiger partial charge in [0.1, 0.15) is 13.2 Å². The Balaban J connectivity index is 1.39. The van der Waals surface area contributed by atoms with Crippen LogP contribution in [0.15, 0.2) is 48.5 Å². The molecule has 0 unspecified atom stereocenters. The Bertz CT molecular complexity index is 1130. The molecule has 1 aliphatic rings. The van der Waals surface area contributed by atoms with Crippen LogP contribution in [0.4, 0.5) is 10.7 Å². The van der Waals surface area contributed by atoms with Crippen molar-refractivity contribution in [3.63, 3.8) is 0 Å². The standard InChI is InChI=1S/C22H21N5O5/c1-2-27(11-18(28)29)20(30)19-23-21(26-25-19)24-22(31)32-12-17-15-9-5-3-7-13(15)14-8-4-6-10-16(14)17/h3-10,17H,2,11-12H2,1H3,(H,28,29)(H2,23,24,25,26,31). The number of hydrogen-bond donors (Lipinski definition) is 3. The maximum atomic E-state index is 12.3. The van der Waals surface area contributed by atoms with E-state index in [-0.39, 0.29) is 30.8 Å². The maximum Gasteiger partial charge on any atom is 0.414 e. The number of likely N-dealkylation sites (N-methyl/N-ethyl adjacent to an activating group) is 1. The van der Waals surface area contributed by atoms with Crippen molar-refractivity contribution in [2.24, 2.45) is 0 Å². The van der Waals surface area contributed by atoms with E-state index >= 15 is 0 Å². The molecule has 3 aromatic rings. The summed E-state index contributed by atoms with van der Waals surface area (Å²) in [6, 6.07) is 16.0. The molecule has 10 heteroatoms. The fourth-order valence-corrected chi connectivity index (χ4v) is 3.78. The molecular weight excluding hydrogens is 414 g/mol. The van der Waals surface area contributed by atoms with Gasteiger partial charge in [-0.1, -0.05) is 48.5 Å². The van der Waals surface area contributed by atoms with E-state index < -0.39 is 24.5 Å². The Morgan fingerprint density at radius 2 is 1.72 bits per heavy atom. The average molecular weight is 435 g/mol. The Morgan fingerprint density at radius 1 is 1.09 bits per heavy atom. The van der Waals surface area contributed by atoms with Gasteiger partial charge in [0.2, 0.25) is 5.82 Å². The first-order valence-electron chi connectivity index (χ1n) is 10.0. The van der Waals surface area contributed by atoms with Gasteiger partial charge in [-0.3, -0.25) is 20.0 Å². The molecule has 1 aromatic heterocycles. The smallest absolute Gasteiger partial charge is 0.414 e. The number of fused-ring (bicyclic) bond motifs is 3. The van der Waals surface area contributed by atoms with Crippen LogP contribution in [0, 0.1) is 0 Å². The molecule has 2 amide bonds. The highest BCUT2D eigenvalue weighted by atomic mass is 16.5. The molecule has 2 aromatic carbocycles. The number of aliphatic carboxylic acids is 1. The predicted molar refractivity (Wildman–Crippen MR) is 114 cm³/mol. The van der Waals surface area contributed by atoms with Gasteiger partial charge < -0.3 is 14.7 Å². The topological polar surface area (TPSA) is 138 Å². The molecule has 32 heavy (non-hydrogen) atoms. The van der Waals surface area contributed by atoms with Gasteiger partial charge in [-0.05, 0) is 29.2 Å². The number of aromatic nitrogens is 3. The van der Waals surface area contributed by atoms with E-state index in [0.29, 0.717) is 0 Å². The van der Waals surface area contributed by atoms with Gasteiger partial charge in [0.15, 0.2) is 0 Å². The summed E-state index contributed by atoms with van der Waals surface area (Å²) >= 11 is 0. The van der Waals surface area contributed by atoms with E-state index in [0.717, 1.165) is 27.2 Å². The van der Waals surface area contributed by atoms with E-state index in [2.05, 4.69) is 20.5 Å².